The number of hydrogen-bond donors (Lipinski definition) is 1. The predicted octanol–water partition coefficient (Wildman–Crippen LogP) is 1.50. The van der Waals surface area contributed by atoms with Crippen molar-refractivity contribution in [2.75, 3.05) is 46.6 Å². The van der Waals surface area contributed by atoms with Gasteiger partial charge >= 0.3 is 0 Å². The maximum Gasteiger partial charge on any atom is 0.251 e. The second-order valence-electron chi connectivity index (χ2n) is 5.33. The van der Waals surface area contributed by atoms with E-state index in [1.807, 2.05) is 0 Å². The molecule has 8 heteroatoms. The summed E-state index contributed by atoms with van der Waals surface area (Å²) < 4.78 is 36.6. The van der Waals surface area contributed by atoms with Gasteiger partial charge in [0.25, 0.3) is 5.91 Å². The number of ether oxygens (including phenoxy) is 2. The lowest BCUT2D eigenvalue weighted by atomic mass is 10.2. The van der Waals surface area contributed by atoms with Crippen LogP contribution in [0.25, 0.3) is 0 Å². The van der Waals surface area contributed by atoms with Crippen molar-refractivity contribution < 1.29 is 22.7 Å². The first kappa shape index (κ1) is 21.6. The van der Waals surface area contributed by atoms with Gasteiger partial charge in [-0.3, -0.25) is 4.79 Å². The third-order valence-electron chi connectivity index (χ3n) is 3.62. The van der Waals surface area contributed by atoms with Crippen LogP contribution >= 0.6 is 0 Å². The largest absolute Gasteiger partial charge is 0.382 e. The van der Waals surface area contributed by atoms with Gasteiger partial charge in [-0.1, -0.05) is 19.9 Å². The Labute approximate surface area is 150 Å². The van der Waals surface area contributed by atoms with Crippen molar-refractivity contribution in [1.29, 1.82) is 0 Å². The highest BCUT2D eigenvalue weighted by Gasteiger charge is 2.22. The first-order valence-corrected chi connectivity index (χ1v) is 9.86. The molecular formula is C17H28N2O5S. The Hall–Kier alpha value is -1.48. The topological polar surface area (TPSA) is 84.9 Å². The van der Waals surface area contributed by atoms with Gasteiger partial charge in [0, 0.05) is 38.9 Å². The zero-order chi connectivity index (χ0) is 18.7. The Kier molecular flexibility index (Phi) is 9.66. The molecule has 0 spiro atoms. The maximum absolute atomic E-state index is 12.5. The minimum atomic E-state index is -3.57. The van der Waals surface area contributed by atoms with E-state index in [1.54, 1.807) is 33.1 Å². The molecule has 142 valence electrons. The second kappa shape index (κ2) is 11.2. The number of carbonyl (C=O) groups is 1. The number of methoxy groups -OCH3 is 1. The average molecular weight is 372 g/mol. The first-order chi connectivity index (χ1) is 12.0. The minimum absolute atomic E-state index is 0.131. The van der Waals surface area contributed by atoms with Crippen LogP contribution < -0.4 is 5.32 Å². The first-order valence-electron chi connectivity index (χ1n) is 8.42. The van der Waals surface area contributed by atoms with Gasteiger partial charge in [-0.05, 0) is 24.6 Å². The van der Waals surface area contributed by atoms with E-state index in [2.05, 4.69) is 5.32 Å². The Morgan fingerprint density at radius 1 is 1.16 bits per heavy atom. The van der Waals surface area contributed by atoms with Crippen LogP contribution in [-0.4, -0.2) is 65.2 Å². The number of hydrogen-bond acceptors (Lipinski definition) is 5. The summed E-state index contributed by atoms with van der Waals surface area (Å²) in [6.45, 7) is 6.39. The number of nitrogens with one attached hydrogen (secondary N) is 1. The summed E-state index contributed by atoms with van der Waals surface area (Å²) in [5.74, 6) is -0.298. The van der Waals surface area contributed by atoms with Crippen LogP contribution in [0.2, 0.25) is 0 Å². The van der Waals surface area contributed by atoms with E-state index in [-0.39, 0.29) is 10.8 Å². The number of rotatable bonds is 12. The van der Waals surface area contributed by atoms with E-state index in [0.717, 1.165) is 0 Å². The van der Waals surface area contributed by atoms with Crippen molar-refractivity contribution in [2.24, 2.45) is 0 Å². The summed E-state index contributed by atoms with van der Waals surface area (Å²) in [6, 6.07) is 6.11. The van der Waals surface area contributed by atoms with Crippen molar-refractivity contribution >= 4 is 15.9 Å². The van der Waals surface area contributed by atoms with Crippen LogP contribution in [0.3, 0.4) is 0 Å². The monoisotopic (exact) mass is 372 g/mol. The fraction of sp³-hybridized carbons (Fsp3) is 0.588. The van der Waals surface area contributed by atoms with Gasteiger partial charge < -0.3 is 14.8 Å². The minimum Gasteiger partial charge on any atom is -0.382 e. The summed E-state index contributed by atoms with van der Waals surface area (Å²) in [5, 5.41) is 2.77. The molecule has 25 heavy (non-hydrogen) atoms. The van der Waals surface area contributed by atoms with E-state index in [0.29, 0.717) is 51.4 Å². The Balaban J connectivity index is 2.61. The van der Waals surface area contributed by atoms with E-state index in [1.165, 1.54) is 16.4 Å². The molecule has 1 aromatic rings. The smallest absolute Gasteiger partial charge is 0.251 e. The van der Waals surface area contributed by atoms with Crippen molar-refractivity contribution in [3.05, 3.63) is 29.8 Å². The fourth-order valence-electron chi connectivity index (χ4n) is 2.23. The fourth-order valence-corrected chi connectivity index (χ4v) is 3.74. The molecular weight excluding hydrogens is 344 g/mol. The molecule has 0 aliphatic heterocycles. The average Bonchev–Trinajstić information content (AvgIpc) is 2.61. The number of sulfonamides is 1. The Morgan fingerprint density at radius 2 is 1.88 bits per heavy atom. The Morgan fingerprint density at radius 3 is 2.52 bits per heavy atom. The highest BCUT2D eigenvalue weighted by atomic mass is 32.2. The van der Waals surface area contributed by atoms with E-state index in [9.17, 15) is 13.2 Å². The molecule has 7 nitrogen and oxygen atoms in total. The van der Waals surface area contributed by atoms with Gasteiger partial charge in [-0.25, -0.2) is 8.42 Å². The molecule has 1 amide bonds. The summed E-state index contributed by atoms with van der Waals surface area (Å²) >= 11 is 0. The van der Waals surface area contributed by atoms with Crippen molar-refractivity contribution in [3.8, 4) is 0 Å². The lowest BCUT2D eigenvalue weighted by molar-refractivity contribution is 0.0688. The van der Waals surface area contributed by atoms with Crippen LogP contribution in [0.4, 0.5) is 0 Å². The zero-order valence-electron chi connectivity index (χ0n) is 15.2. The molecule has 1 N–H and O–H groups in total. The molecule has 0 saturated carbocycles. The molecule has 0 heterocycles. The molecule has 0 fully saturated rings. The summed E-state index contributed by atoms with van der Waals surface area (Å²) in [6.07, 6.45) is 0.674. The van der Waals surface area contributed by atoms with Gasteiger partial charge in [-0.2, -0.15) is 4.31 Å². The number of amides is 1. The highest BCUT2D eigenvalue weighted by molar-refractivity contribution is 7.89. The Bertz CT molecular complexity index is 630. The van der Waals surface area contributed by atoms with Crippen molar-refractivity contribution in [3.63, 3.8) is 0 Å². The van der Waals surface area contributed by atoms with E-state index >= 15 is 0 Å². The molecule has 0 saturated heterocycles. The normalized spacial score (nSPS) is 11.7. The van der Waals surface area contributed by atoms with Crippen molar-refractivity contribution in [2.45, 2.75) is 25.2 Å². The SMILES string of the molecule is CCN(CC)S(=O)(=O)c1cccc(C(=O)NCCCOCCOC)c1. The predicted molar refractivity (Wildman–Crippen MR) is 96.2 cm³/mol. The zero-order valence-corrected chi connectivity index (χ0v) is 16.0. The number of carbonyl (C=O) groups excluding carboxylic acids is 1. The van der Waals surface area contributed by atoms with Crippen LogP contribution in [0, 0.1) is 0 Å². The van der Waals surface area contributed by atoms with Gasteiger partial charge in [0.1, 0.15) is 0 Å². The summed E-state index contributed by atoms with van der Waals surface area (Å²) in [5.41, 5.74) is 0.327. The lowest BCUT2D eigenvalue weighted by Gasteiger charge is -2.18. The summed E-state index contributed by atoms with van der Waals surface area (Å²) in [4.78, 5) is 12.3. The van der Waals surface area contributed by atoms with E-state index in [4.69, 9.17) is 9.47 Å². The molecule has 0 aliphatic rings. The standard InChI is InChI=1S/C17H28N2O5S/c1-4-19(5-2)25(21,22)16-9-6-8-15(14-16)17(20)18-10-7-11-24-13-12-23-3/h6,8-9,14H,4-5,7,10-13H2,1-3H3,(H,18,20). The highest BCUT2D eigenvalue weighted by Crippen LogP contribution is 2.16. The number of benzene rings is 1. The molecule has 0 bridgehead atoms. The van der Waals surface area contributed by atoms with E-state index < -0.39 is 10.0 Å². The molecule has 0 aromatic heterocycles. The maximum atomic E-state index is 12.5. The second-order valence-corrected chi connectivity index (χ2v) is 7.27. The molecule has 0 atom stereocenters. The molecule has 1 rings (SSSR count). The molecule has 1 aromatic carbocycles. The number of nitrogens with zero attached hydrogens (tertiary/aromatic N) is 1. The van der Waals surface area contributed by atoms with Crippen LogP contribution in [0.5, 0.6) is 0 Å². The van der Waals surface area contributed by atoms with Crippen LogP contribution in [0.15, 0.2) is 29.2 Å². The van der Waals surface area contributed by atoms with Crippen molar-refractivity contribution in [1.82, 2.24) is 9.62 Å². The van der Waals surface area contributed by atoms with Gasteiger partial charge in [-0.15, -0.1) is 0 Å². The third-order valence-corrected chi connectivity index (χ3v) is 5.67. The quantitative estimate of drug-likeness (QED) is 0.562. The van der Waals surface area contributed by atoms with Gasteiger partial charge in [0.15, 0.2) is 0 Å². The lowest BCUT2D eigenvalue weighted by Crippen LogP contribution is -2.31. The van der Waals surface area contributed by atoms with Crippen LogP contribution in [-0.2, 0) is 19.5 Å². The van der Waals surface area contributed by atoms with Crippen LogP contribution in [0.1, 0.15) is 30.6 Å². The molecule has 0 radical (unpaired) electrons. The van der Waals surface area contributed by atoms with Gasteiger partial charge in [0.05, 0.1) is 18.1 Å². The third kappa shape index (κ3) is 6.74. The molecule has 0 unspecified atom stereocenters. The van der Waals surface area contributed by atoms with Gasteiger partial charge in [0.2, 0.25) is 10.0 Å². The summed E-state index contributed by atoms with van der Waals surface area (Å²) in [7, 11) is -1.96. The molecule has 0 aliphatic carbocycles.